The molecule has 3 nitrogen and oxygen atoms in total. The zero-order valence-corrected chi connectivity index (χ0v) is 11.6. The summed E-state index contributed by atoms with van der Waals surface area (Å²) in [5.74, 6) is 0.423. The first-order chi connectivity index (χ1) is 8.42. The fraction of sp³-hybridized carbons (Fsp3) is 0.533. The third kappa shape index (κ3) is 3.33. The lowest BCUT2D eigenvalue weighted by atomic mass is 9.88. The van der Waals surface area contributed by atoms with Gasteiger partial charge in [-0.05, 0) is 38.8 Å². The summed E-state index contributed by atoms with van der Waals surface area (Å²) in [6.07, 6.45) is 0.890. The van der Waals surface area contributed by atoms with E-state index in [9.17, 15) is 9.90 Å². The second kappa shape index (κ2) is 6.01. The quantitative estimate of drug-likeness (QED) is 0.789. The summed E-state index contributed by atoms with van der Waals surface area (Å²) < 4.78 is 5.55. The fourth-order valence-corrected chi connectivity index (χ4v) is 1.82. The van der Waals surface area contributed by atoms with Crippen LogP contribution in [-0.2, 0) is 0 Å². The highest BCUT2D eigenvalue weighted by Crippen LogP contribution is 2.23. The molecule has 0 spiro atoms. The Labute approximate surface area is 109 Å². The van der Waals surface area contributed by atoms with Crippen LogP contribution in [0.3, 0.4) is 0 Å². The van der Waals surface area contributed by atoms with Crippen LogP contribution in [0.25, 0.3) is 0 Å². The second-order valence-corrected chi connectivity index (χ2v) is 4.76. The van der Waals surface area contributed by atoms with Crippen LogP contribution in [0.15, 0.2) is 24.3 Å². The van der Waals surface area contributed by atoms with Crippen LogP contribution in [0.2, 0.25) is 0 Å². The minimum atomic E-state index is -1.27. The third-order valence-electron chi connectivity index (χ3n) is 3.06. The number of ether oxygens (including phenoxy) is 1. The zero-order chi connectivity index (χ0) is 13.8. The summed E-state index contributed by atoms with van der Waals surface area (Å²) in [6.45, 7) is 7.50. The molecule has 0 atom stereocenters. The van der Waals surface area contributed by atoms with Gasteiger partial charge in [-0.3, -0.25) is 4.79 Å². The highest BCUT2D eigenvalue weighted by Gasteiger charge is 2.32. The Morgan fingerprint density at radius 2 is 1.94 bits per heavy atom. The van der Waals surface area contributed by atoms with E-state index in [4.69, 9.17) is 4.74 Å². The van der Waals surface area contributed by atoms with E-state index < -0.39 is 5.60 Å². The Bertz CT molecular complexity index is 406. The lowest BCUT2D eigenvalue weighted by Gasteiger charge is -2.23. The van der Waals surface area contributed by atoms with Gasteiger partial charge in [0.05, 0.1) is 6.10 Å². The van der Waals surface area contributed by atoms with Crippen molar-refractivity contribution < 1.29 is 14.6 Å². The number of hydrogen-bond donors (Lipinski definition) is 1. The van der Waals surface area contributed by atoms with Crippen LogP contribution < -0.4 is 4.74 Å². The third-order valence-corrected chi connectivity index (χ3v) is 3.06. The molecule has 100 valence electrons. The van der Waals surface area contributed by atoms with Gasteiger partial charge in [0.1, 0.15) is 11.4 Å². The molecule has 0 aromatic heterocycles. The van der Waals surface area contributed by atoms with Gasteiger partial charge in [0.15, 0.2) is 5.78 Å². The lowest BCUT2D eigenvalue weighted by molar-refractivity contribution is 0.0277. The summed E-state index contributed by atoms with van der Waals surface area (Å²) in [5, 5.41) is 10.2. The Morgan fingerprint density at radius 3 is 2.44 bits per heavy atom. The van der Waals surface area contributed by atoms with Gasteiger partial charge in [0, 0.05) is 5.56 Å². The number of benzene rings is 1. The SMILES string of the molecule is CCC(O)(CC)C(=O)c1cccc(OC(C)C)c1. The molecule has 0 aliphatic heterocycles. The monoisotopic (exact) mass is 250 g/mol. The topological polar surface area (TPSA) is 46.5 Å². The number of carbonyl (C=O) groups is 1. The van der Waals surface area contributed by atoms with Crippen LogP contribution >= 0.6 is 0 Å². The van der Waals surface area contributed by atoms with Gasteiger partial charge in [0.25, 0.3) is 0 Å². The van der Waals surface area contributed by atoms with Gasteiger partial charge < -0.3 is 9.84 Å². The molecule has 0 radical (unpaired) electrons. The van der Waals surface area contributed by atoms with E-state index in [1.807, 2.05) is 33.8 Å². The van der Waals surface area contributed by atoms with Crippen LogP contribution in [0, 0.1) is 0 Å². The summed E-state index contributed by atoms with van der Waals surface area (Å²) in [7, 11) is 0. The standard InChI is InChI=1S/C15H22O3/c1-5-15(17,6-2)14(16)12-8-7-9-13(10-12)18-11(3)4/h7-11,17H,5-6H2,1-4H3. The molecule has 0 amide bonds. The van der Waals surface area contributed by atoms with E-state index >= 15 is 0 Å². The number of carbonyl (C=O) groups excluding carboxylic acids is 1. The Balaban J connectivity index is 2.99. The van der Waals surface area contributed by atoms with Gasteiger partial charge in [-0.2, -0.15) is 0 Å². The summed E-state index contributed by atoms with van der Waals surface area (Å²) in [5.41, 5.74) is -0.768. The van der Waals surface area contributed by atoms with Gasteiger partial charge in [-0.25, -0.2) is 0 Å². The van der Waals surface area contributed by atoms with E-state index in [1.54, 1.807) is 18.2 Å². The molecule has 0 aliphatic rings. The van der Waals surface area contributed by atoms with E-state index in [-0.39, 0.29) is 11.9 Å². The largest absolute Gasteiger partial charge is 0.491 e. The second-order valence-electron chi connectivity index (χ2n) is 4.76. The first kappa shape index (κ1) is 14.7. The predicted molar refractivity (Wildman–Crippen MR) is 72.1 cm³/mol. The maximum Gasteiger partial charge on any atom is 0.194 e. The number of aliphatic hydroxyl groups is 1. The maximum atomic E-state index is 12.3. The molecule has 1 aromatic carbocycles. The molecule has 0 aliphatic carbocycles. The normalized spacial score (nSPS) is 11.7. The van der Waals surface area contributed by atoms with Crippen LogP contribution in [0.1, 0.15) is 50.9 Å². The average Bonchev–Trinajstić information content (AvgIpc) is 2.36. The first-order valence-electron chi connectivity index (χ1n) is 6.46. The maximum absolute atomic E-state index is 12.3. The highest BCUT2D eigenvalue weighted by atomic mass is 16.5. The number of ketones is 1. The van der Waals surface area contributed by atoms with E-state index in [0.717, 1.165) is 0 Å². The Hall–Kier alpha value is -1.35. The highest BCUT2D eigenvalue weighted by molar-refractivity contribution is 6.02. The fourth-order valence-electron chi connectivity index (χ4n) is 1.82. The van der Waals surface area contributed by atoms with Crippen LogP contribution in [-0.4, -0.2) is 22.6 Å². The van der Waals surface area contributed by atoms with Gasteiger partial charge in [-0.1, -0.05) is 26.0 Å². The molecule has 3 heteroatoms. The van der Waals surface area contributed by atoms with Gasteiger partial charge in [0.2, 0.25) is 0 Å². The Kier molecular flexibility index (Phi) is 4.91. The molecule has 0 saturated heterocycles. The average molecular weight is 250 g/mol. The molecular weight excluding hydrogens is 228 g/mol. The molecule has 18 heavy (non-hydrogen) atoms. The summed E-state index contributed by atoms with van der Waals surface area (Å²) >= 11 is 0. The first-order valence-corrected chi connectivity index (χ1v) is 6.46. The van der Waals surface area contributed by atoms with Gasteiger partial charge >= 0.3 is 0 Å². The van der Waals surface area contributed by atoms with Crippen molar-refractivity contribution >= 4 is 5.78 Å². The molecule has 0 unspecified atom stereocenters. The Morgan fingerprint density at radius 1 is 1.33 bits per heavy atom. The van der Waals surface area contributed by atoms with Gasteiger partial charge in [-0.15, -0.1) is 0 Å². The van der Waals surface area contributed by atoms with Crippen molar-refractivity contribution in [1.29, 1.82) is 0 Å². The van der Waals surface area contributed by atoms with Crippen molar-refractivity contribution in [2.75, 3.05) is 0 Å². The van der Waals surface area contributed by atoms with Crippen molar-refractivity contribution in [2.45, 2.75) is 52.2 Å². The van der Waals surface area contributed by atoms with E-state index in [0.29, 0.717) is 24.2 Å². The number of hydrogen-bond acceptors (Lipinski definition) is 3. The minimum absolute atomic E-state index is 0.0617. The van der Waals surface area contributed by atoms with E-state index in [1.165, 1.54) is 0 Å². The van der Waals surface area contributed by atoms with Crippen molar-refractivity contribution in [2.24, 2.45) is 0 Å². The predicted octanol–water partition coefficient (Wildman–Crippen LogP) is 3.21. The van der Waals surface area contributed by atoms with Crippen molar-refractivity contribution in [3.05, 3.63) is 29.8 Å². The molecule has 0 fully saturated rings. The van der Waals surface area contributed by atoms with Crippen LogP contribution in [0.4, 0.5) is 0 Å². The zero-order valence-electron chi connectivity index (χ0n) is 11.6. The molecule has 1 N–H and O–H groups in total. The molecule has 0 saturated carbocycles. The minimum Gasteiger partial charge on any atom is -0.491 e. The van der Waals surface area contributed by atoms with E-state index in [2.05, 4.69) is 0 Å². The molecular formula is C15H22O3. The number of Topliss-reactive ketones (excluding diaryl/α,β-unsaturated/α-hetero) is 1. The molecule has 0 heterocycles. The molecule has 0 bridgehead atoms. The summed E-state index contributed by atoms with van der Waals surface area (Å²) in [4.78, 5) is 12.3. The van der Waals surface area contributed by atoms with Crippen LogP contribution in [0.5, 0.6) is 5.75 Å². The smallest absolute Gasteiger partial charge is 0.194 e. The lowest BCUT2D eigenvalue weighted by Crippen LogP contribution is -2.37. The van der Waals surface area contributed by atoms with Crippen molar-refractivity contribution in [3.63, 3.8) is 0 Å². The molecule has 1 aromatic rings. The van der Waals surface area contributed by atoms with Crippen molar-refractivity contribution in [1.82, 2.24) is 0 Å². The number of rotatable bonds is 6. The summed E-state index contributed by atoms with van der Waals surface area (Å²) in [6, 6.07) is 6.99. The van der Waals surface area contributed by atoms with Crippen molar-refractivity contribution in [3.8, 4) is 5.75 Å². The molecule has 1 rings (SSSR count).